The Morgan fingerprint density at radius 1 is 1.00 bits per heavy atom. The molecule has 0 spiro atoms. The summed E-state index contributed by atoms with van der Waals surface area (Å²) in [4.78, 5) is 27.3. The van der Waals surface area contributed by atoms with Crippen molar-refractivity contribution in [2.24, 2.45) is 0 Å². The molecule has 7 heteroatoms. The number of amides is 1. The Labute approximate surface area is 209 Å². The first kappa shape index (κ1) is 25.1. The van der Waals surface area contributed by atoms with Crippen LogP contribution in [0.2, 0.25) is 0 Å². The van der Waals surface area contributed by atoms with Gasteiger partial charge in [0.05, 0.1) is 11.6 Å². The molecule has 1 aliphatic rings. The van der Waals surface area contributed by atoms with Crippen LogP contribution in [0.25, 0.3) is 5.76 Å². The van der Waals surface area contributed by atoms with Gasteiger partial charge in [0.1, 0.15) is 23.9 Å². The van der Waals surface area contributed by atoms with Crippen LogP contribution in [-0.4, -0.2) is 42.0 Å². The van der Waals surface area contributed by atoms with Crippen molar-refractivity contribution in [3.63, 3.8) is 0 Å². The van der Waals surface area contributed by atoms with Crippen molar-refractivity contribution in [1.29, 1.82) is 0 Å². The highest BCUT2D eigenvalue weighted by molar-refractivity contribution is 6.46. The summed E-state index contributed by atoms with van der Waals surface area (Å²) in [6.07, 6.45) is 0.508. The first-order valence-corrected chi connectivity index (χ1v) is 11.7. The summed E-state index contributed by atoms with van der Waals surface area (Å²) >= 11 is 0. The van der Waals surface area contributed by atoms with Crippen LogP contribution in [0.5, 0.6) is 5.75 Å². The lowest BCUT2D eigenvalue weighted by Gasteiger charge is -2.25. The van der Waals surface area contributed by atoms with E-state index in [9.17, 15) is 19.1 Å². The number of rotatable bonds is 9. The number of hydrogen-bond acceptors (Lipinski definition) is 5. The maximum atomic E-state index is 13.6. The average Bonchev–Trinajstić information content (AvgIpc) is 3.14. The van der Waals surface area contributed by atoms with Gasteiger partial charge in [0.2, 0.25) is 0 Å². The van der Waals surface area contributed by atoms with Gasteiger partial charge < -0.3 is 19.5 Å². The molecule has 4 rings (SSSR count). The van der Waals surface area contributed by atoms with E-state index in [1.807, 2.05) is 31.2 Å². The van der Waals surface area contributed by atoms with Crippen molar-refractivity contribution < 1.29 is 28.6 Å². The number of carbonyl (C=O) groups excluding carboxylic acids is 2. The molecular formula is C29H28FNO5. The third-order valence-electron chi connectivity index (χ3n) is 6.26. The second kappa shape index (κ2) is 11.2. The van der Waals surface area contributed by atoms with Crippen molar-refractivity contribution >= 4 is 17.4 Å². The zero-order valence-corrected chi connectivity index (χ0v) is 20.2. The van der Waals surface area contributed by atoms with Gasteiger partial charge in [-0.3, -0.25) is 9.59 Å². The lowest BCUT2D eigenvalue weighted by atomic mass is 9.95. The molecular weight excluding hydrogens is 461 g/mol. The molecule has 186 valence electrons. The first-order chi connectivity index (χ1) is 17.4. The van der Waals surface area contributed by atoms with Gasteiger partial charge in [0.15, 0.2) is 0 Å². The number of likely N-dealkylation sites (tertiary alicyclic amines) is 1. The minimum atomic E-state index is -0.834. The second-order valence-corrected chi connectivity index (χ2v) is 8.63. The fourth-order valence-corrected chi connectivity index (χ4v) is 4.28. The van der Waals surface area contributed by atoms with Crippen LogP contribution in [0.1, 0.15) is 34.7 Å². The highest BCUT2D eigenvalue weighted by Gasteiger charge is 2.45. The van der Waals surface area contributed by atoms with E-state index in [1.165, 1.54) is 29.2 Å². The maximum absolute atomic E-state index is 13.6. The Morgan fingerprint density at radius 3 is 2.36 bits per heavy atom. The Morgan fingerprint density at radius 2 is 1.69 bits per heavy atom. The Bertz CT molecular complexity index is 1270. The Balaban J connectivity index is 1.63. The third kappa shape index (κ3) is 5.31. The summed E-state index contributed by atoms with van der Waals surface area (Å²) in [5.41, 5.74) is 3.07. The fraction of sp³-hybridized carbons (Fsp3) is 0.241. The van der Waals surface area contributed by atoms with Crippen LogP contribution in [0.15, 0.2) is 78.4 Å². The molecule has 1 amide bonds. The number of Topliss-reactive ketones (excluding diaryl/α,β-unsaturated/α-hetero) is 1. The topological polar surface area (TPSA) is 76.1 Å². The van der Waals surface area contributed by atoms with E-state index in [0.717, 1.165) is 11.1 Å². The number of nitrogens with zero attached hydrogens (tertiary/aromatic N) is 1. The van der Waals surface area contributed by atoms with E-state index >= 15 is 0 Å². The number of aryl methyl sites for hydroxylation is 1. The largest absolute Gasteiger partial charge is 0.507 e. The molecule has 0 radical (unpaired) electrons. The van der Waals surface area contributed by atoms with Crippen LogP contribution >= 0.6 is 0 Å². The van der Waals surface area contributed by atoms with Gasteiger partial charge in [0.25, 0.3) is 11.7 Å². The van der Waals surface area contributed by atoms with E-state index in [-0.39, 0.29) is 17.9 Å². The number of aliphatic hydroxyl groups excluding tert-OH is 1. The predicted molar refractivity (Wildman–Crippen MR) is 134 cm³/mol. The lowest BCUT2D eigenvalue weighted by Crippen LogP contribution is -2.31. The average molecular weight is 490 g/mol. The van der Waals surface area contributed by atoms with Crippen molar-refractivity contribution in [3.8, 4) is 5.75 Å². The van der Waals surface area contributed by atoms with E-state index < -0.39 is 23.5 Å². The van der Waals surface area contributed by atoms with Gasteiger partial charge in [-0.15, -0.1) is 0 Å². The fourth-order valence-electron chi connectivity index (χ4n) is 4.28. The lowest BCUT2D eigenvalue weighted by molar-refractivity contribution is -0.140. The van der Waals surface area contributed by atoms with E-state index in [4.69, 9.17) is 9.47 Å². The summed E-state index contributed by atoms with van der Waals surface area (Å²) in [5, 5.41) is 11.2. The number of methoxy groups -OCH3 is 1. The zero-order chi connectivity index (χ0) is 25.7. The maximum Gasteiger partial charge on any atom is 0.295 e. The summed E-state index contributed by atoms with van der Waals surface area (Å²) in [6, 6.07) is 19.4. The summed E-state index contributed by atoms with van der Waals surface area (Å²) < 4.78 is 24.5. The molecule has 1 fully saturated rings. The molecule has 1 heterocycles. The molecule has 1 N–H and O–H groups in total. The Hall–Kier alpha value is -3.97. The summed E-state index contributed by atoms with van der Waals surface area (Å²) in [5.74, 6) is -1.61. The van der Waals surface area contributed by atoms with Gasteiger partial charge in [-0.05, 0) is 66.4 Å². The number of carbonyl (C=O) groups is 2. The van der Waals surface area contributed by atoms with Crippen LogP contribution in [-0.2, 0) is 20.9 Å². The number of halogens is 1. The summed E-state index contributed by atoms with van der Waals surface area (Å²) in [6.45, 7) is 3.07. The van der Waals surface area contributed by atoms with Crippen LogP contribution in [0.3, 0.4) is 0 Å². The number of hydrogen-bond donors (Lipinski definition) is 1. The number of ether oxygens (including phenoxy) is 2. The van der Waals surface area contributed by atoms with Gasteiger partial charge in [-0.2, -0.15) is 0 Å². The molecule has 6 nitrogen and oxygen atoms in total. The molecule has 1 unspecified atom stereocenters. The van der Waals surface area contributed by atoms with Gasteiger partial charge >= 0.3 is 0 Å². The number of aliphatic hydroxyl groups is 1. The van der Waals surface area contributed by atoms with E-state index in [0.29, 0.717) is 36.5 Å². The predicted octanol–water partition coefficient (Wildman–Crippen LogP) is 5.17. The number of benzene rings is 3. The van der Waals surface area contributed by atoms with Crippen LogP contribution in [0, 0.1) is 12.7 Å². The standard InChI is InChI=1S/C29H28FNO5/c1-19-6-3-4-7-22(19)18-36-24-14-10-21(11-15-24)27(32)25-26(20-8-12-23(30)13-9-20)31(16-5-17-35-2)29(34)28(25)33/h3-4,6-15,26,32H,5,16-18H2,1-2H3. The van der Waals surface area contributed by atoms with Crippen LogP contribution < -0.4 is 4.74 Å². The minimum Gasteiger partial charge on any atom is -0.507 e. The molecule has 3 aromatic rings. The first-order valence-electron chi connectivity index (χ1n) is 11.7. The molecule has 0 aliphatic carbocycles. The monoisotopic (exact) mass is 489 g/mol. The highest BCUT2D eigenvalue weighted by Crippen LogP contribution is 2.39. The Kier molecular flexibility index (Phi) is 7.80. The molecule has 3 aromatic carbocycles. The van der Waals surface area contributed by atoms with Crippen molar-refractivity contribution in [3.05, 3.63) is 106 Å². The van der Waals surface area contributed by atoms with Gasteiger partial charge in [-0.1, -0.05) is 36.4 Å². The minimum absolute atomic E-state index is 0.0300. The summed E-state index contributed by atoms with van der Waals surface area (Å²) in [7, 11) is 1.56. The normalized spacial score (nSPS) is 17.0. The van der Waals surface area contributed by atoms with Crippen molar-refractivity contribution in [2.45, 2.75) is 26.0 Å². The molecule has 1 aliphatic heterocycles. The highest BCUT2D eigenvalue weighted by atomic mass is 19.1. The van der Waals surface area contributed by atoms with Gasteiger partial charge in [0, 0.05) is 25.8 Å². The van der Waals surface area contributed by atoms with Crippen LogP contribution in [0.4, 0.5) is 4.39 Å². The number of ketones is 1. The third-order valence-corrected chi connectivity index (χ3v) is 6.26. The molecule has 0 bridgehead atoms. The SMILES string of the molecule is COCCCN1C(=O)C(=O)C(=C(O)c2ccc(OCc3ccccc3C)cc2)C1c1ccc(F)cc1. The van der Waals surface area contributed by atoms with E-state index in [1.54, 1.807) is 31.4 Å². The second-order valence-electron chi connectivity index (χ2n) is 8.63. The molecule has 36 heavy (non-hydrogen) atoms. The van der Waals surface area contributed by atoms with Crippen molar-refractivity contribution in [1.82, 2.24) is 4.90 Å². The molecule has 1 atom stereocenters. The quantitative estimate of drug-likeness (QED) is 0.194. The molecule has 0 aromatic heterocycles. The zero-order valence-electron chi connectivity index (χ0n) is 20.2. The molecule has 0 saturated carbocycles. The van der Waals surface area contributed by atoms with Crippen molar-refractivity contribution in [2.75, 3.05) is 20.3 Å². The van der Waals surface area contributed by atoms with Gasteiger partial charge in [-0.25, -0.2) is 4.39 Å². The van der Waals surface area contributed by atoms with E-state index in [2.05, 4.69) is 0 Å². The molecule has 1 saturated heterocycles. The smallest absolute Gasteiger partial charge is 0.295 e.